The molecule has 3 heterocycles. The van der Waals surface area contributed by atoms with E-state index >= 15 is 0 Å². The van der Waals surface area contributed by atoms with E-state index in [0.717, 1.165) is 36.6 Å². The number of halogens is 1. The Kier molecular flexibility index (Phi) is 5.10. The SMILES string of the molecule is COc1cc2c(cc1OC)CN(Cc1cnc(N)n3nc(-c4ccccc4F)nc13)CC2. The Morgan fingerprint density at radius 3 is 2.59 bits per heavy atom. The molecule has 0 amide bonds. The summed E-state index contributed by atoms with van der Waals surface area (Å²) in [4.78, 5) is 11.2. The van der Waals surface area contributed by atoms with Gasteiger partial charge in [0.15, 0.2) is 23.0 Å². The van der Waals surface area contributed by atoms with Gasteiger partial charge < -0.3 is 15.2 Å². The summed E-state index contributed by atoms with van der Waals surface area (Å²) < 4.78 is 26.6. The van der Waals surface area contributed by atoms with Gasteiger partial charge in [0.25, 0.3) is 0 Å². The lowest BCUT2D eigenvalue weighted by Gasteiger charge is -2.29. The molecule has 0 aliphatic carbocycles. The zero-order chi connectivity index (χ0) is 22.2. The van der Waals surface area contributed by atoms with Crippen molar-refractivity contribution in [2.45, 2.75) is 19.5 Å². The van der Waals surface area contributed by atoms with E-state index in [2.05, 4.69) is 20.0 Å². The fourth-order valence-electron chi connectivity index (χ4n) is 4.12. The highest BCUT2D eigenvalue weighted by Crippen LogP contribution is 2.33. The number of benzene rings is 2. The zero-order valence-electron chi connectivity index (χ0n) is 17.9. The minimum Gasteiger partial charge on any atom is -0.493 e. The lowest BCUT2D eigenvalue weighted by atomic mass is 9.98. The number of hydrogen-bond acceptors (Lipinski definition) is 7. The first kappa shape index (κ1) is 20.2. The van der Waals surface area contributed by atoms with Crippen LogP contribution in [0.2, 0.25) is 0 Å². The summed E-state index contributed by atoms with van der Waals surface area (Å²) in [6.45, 7) is 2.23. The molecule has 4 aromatic rings. The number of hydrogen-bond donors (Lipinski definition) is 1. The number of nitrogens with zero attached hydrogens (tertiary/aromatic N) is 5. The average molecular weight is 434 g/mol. The van der Waals surface area contributed by atoms with Crippen LogP contribution in [0.25, 0.3) is 17.0 Å². The summed E-state index contributed by atoms with van der Waals surface area (Å²) >= 11 is 0. The lowest BCUT2D eigenvalue weighted by molar-refractivity contribution is 0.244. The molecule has 0 atom stereocenters. The Bertz CT molecular complexity index is 1310. The predicted octanol–water partition coefficient (Wildman–Crippen LogP) is 3.09. The van der Waals surface area contributed by atoms with Crippen LogP contribution in [-0.2, 0) is 19.5 Å². The van der Waals surface area contributed by atoms with Gasteiger partial charge in [-0.3, -0.25) is 4.90 Å². The van der Waals surface area contributed by atoms with E-state index in [1.807, 2.05) is 12.1 Å². The van der Waals surface area contributed by atoms with Crippen molar-refractivity contribution in [1.29, 1.82) is 0 Å². The number of fused-ring (bicyclic) bond motifs is 2. The van der Waals surface area contributed by atoms with Crippen molar-refractivity contribution < 1.29 is 13.9 Å². The molecule has 0 fully saturated rings. The van der Waals surface area contributed by atoms with Crippen LogP contribution in [-0.4, -0.2) is 45.2 Å². The largest absolute Gasteiger partial charge is 0.493 e. The van der Waals surface area contributed by atoms with Gasteiger partial charge in [-0.15, -0.1) is 5.10 Å². The first-order valence-electron chi connectivity index (χ1n) is 10.3. The van der Waals surface area contributed by atoms with Crippen LogP contribution in [0.1, 0.15) is 16.7 Å². The molecule has 1 aliphatic rings. The quantitative estimate of drug-likeness (QED) is 0.516. The van der Waals surface area contributed by atoms with Crippen LogP contribution < -0.4 is 15.2 Å². The van der Waals surface area contributed by atoms with Crippen molar-refractivity contribution in [3.05, 3.63) is 65.1 Å². The van der Waals surface area contributed by atoms with Crippen molar-refractivity contribution in [2.24, 2.45) is 0 Å². The second-order valence-corrected chi connectivity index (χ2v) is 7.73. The smallest absolute Gasteiger partial charge is 0.223 e. The van der Waals surface area contributed by atoms with Crippen LogP contribution in [0.3, 0.4) is 0 Å². The third kappa shape index (κ3) is 3.50. The molecule has 164 valence electrons. The molecule has 0 spiro atoms. The molecule has 9 heteroatoms. The van der Waals surface area contributed by atoms with Gasteiger partial charge in [-0.1, -0.05) is 12.1 Å². The Balaban J connectivity index is 1.46. The molecule has 0 saturated heterocycles. The molecule has 2 aromatic heterocycles. The van der Waals surface area contributed by atoms with E-state index in [9.17, 15) is 4.39 Å². The Morgan fingerprint density at radius 1 is 1.09 bits per heavy atom. The number of aromatic nitrogens is 4. The summed E-state index contributed by atoms with van der Waals surface area (Å²) in [5, 5.41) is 4.40. The topological polar surface area (TPSA) is 90.8 Å². The molecule has 2 aromatic carbocycles. The van der Waals surface area contributed by atoms with Crippen molar-refractivity contribution in [1.82, 2.24) is 24.5 Å². The van der Waals surface area contributed by atoms with Crippen molar-refractivity contribution in [3.63, 3.8) is 0 Å². The standard InChI is InChI=1S/C23H23FN6O2/c1-31-19-9-14-7-8-29(12-15(14)10-20(19)32-2)13-16-11-26-23(25)30-22(16)27-21(28-30)17-5-3-4-6-18(17)24/h3-6,9-11H,7-8,12-13H2,1-2H3,(H2,25,26). The van der Waals surface area contributed by atoms with Crippen LogP contribution in [0.4, 0.5) is 10.3 Å². The third-order valence-electron chi connectivity index (χ3n) is 5.77. The minimum atomic E-state index is -0.381. The molecule has 0 unspecified atom stereocenters. The van der Waals surface area contributed by atoms with Crippen molar-refractivity contribution >= 4 is 11.6 Å². The van der Waals surface area contributed by atoms with Gasteiger partial charge in [0.1, 0.15) is 5.82 Å². The van der Waals surface area contributed by atoms with Gasteiger partial charge in [0.2, 0.25) is 5.95 Å². The molecule has 8 nitrogen and oxygen atoms in total. The maximum atomic E-state index is 14.3. The van der Waals surface area contributed by atoms with Crippen molar-refractivity contribution in [2.75, 3.05) is 26.5 Å². The van der Waals surface area contributed by atoms with Gasteiger partial charge in [-0.25, -0.2) is 14.4 Å². The van der Waals surface area contributed by atoms with Crippen LogP contribution in [0, 0.1) is 5.82 Å². The highest BCUT2D eigenvalue weighted by molar-refractivity contribution is 5.61. The zero-order valence-corrected chi connectivity index (χ0v) is 17.9. The first-order chi connectivity index (χ1) is 15.6. The molecule has 5 rings (SSSR count). The number of rotatable bonds is 5. The minimum absolute atomic E-state index is 0.208. The number of anilines is 1. The summed E-state index contributed by atoms with van der Waals surface area (Å²) in [6.07, 6.45) is 2.61. The average Bonchev–Trinajstić information content (AvgIpc) is 3.26. The van der Waals surface area contributed by atoms with Crippen LogP contribution in [0.15, 0.2) is 42.6 Å². The predicted molar refractivity (Wildman–Crippen MR) is 118 cm³/mol. The second kappa shape index (κ2) is 8.08. The molecule has 0 bridgehead atoms. The maximum Gasteiger partial charge on any atom is 0.223 e. The van der Waals surface area contributed by atoms with Gasteiger partial charge in [-0.2, -0.15) is 4.52 Å². The third-order valence-corrected chi connectivity index (χ3v) is 5.77. The molecule has 32 heavy (non-hydrogen) atoms. The molecule has 1 aliphatic heterocycles. The lowest BCUT2D eigenvalue weighted by Crippen LogP contribution is -2.30. The van der Waals surface area contributed by atoms with Gasteiger partial charge >= 0.3 is 0 Å². The molecule has 0 radical (unpaired) electrons. The van der Waals surface area contributed by atoms with Crippen LogP contribution in [0.5, 0.6) is 11.5 Å². The number of methoxy groups -OCH3 is 2. The Morgan fingerprint density at radius 2 is 1.84 bits per heavy atom. The van der Waals surface area contributed by atoms with Gasteiger partial charge in [0.05, 0.1) is 19.8 Å². The summed E-state index contributed by atoms with van der Waals surface area (Å²) in [7, 11) is 3.28. The summed E-state index contributed by atoms with van der Waals surface area (Å²) in [5.41, 5.74) is 10.3. The summed E-state index contributed by atoms with van der Waals surface area (Å²) in [5.74, 6) is 1.57. The van der Waals surface area contributed by atoms with E-state index in [0.29, 0.717) is 17.8 Å². The van der Waals surface area contributed by atoms with E-state index in [-0.39, 0.29) is 17.6 Å². The Hall–Kier alpha value is -3.72. The monoisotopic (exact) mass is 434 g/mol. The highest BCUT2D eigenvalue weighted by Gasteiger charge is 2.22. The van der Waals surface area contributed by atoms with E-state index in [4.69, 9.17) is 15.2 Å². The molecular formula is C23H23FN6O2. The van der Waals surface area contributed by atoms with Crippen molar-refractivity contribution in [3.8, 4) is 22.9 Å². The van der Waals surface area contributed by atoms with Gasteiger partial charge in [0, 0.05) is 31.4 Å². The van der Waals surface area contributed by atoms with Crippen LogP contribution >= 0.6 is 0 Å². The second-order valence-electron chi connectivity index (χ2n) is 7.73. The molecular weight excluding hydrogens is 411 g/mol. The van der Waals surface area contributed by atoms with E-state index in [1.165, 1.54) is 21.7 Å². The van der Waals surface area contributed by atoms with E-state index < -0.39 is 0 Å². The number of ether oxygens (including phenoxy) is 2. The van der Waals surface area contributed by atoms with E-state index in [1.54, 1.807) is 38.6 Å². The Labute approximate surface area is 184 Å². The first-order valence-corrected chi connectivity index (χ1v) is 10.3. The highest BCUT2D eigenvalue weighted by atomic mass is 19.1. The number of nitrogen functional groups attached to an aromatic ring is 1. The molecule has 0 saturated carbocycles. The normalized spacial score (nSPS) is 13.8. The molecule has 2 N–H and O–H groups in total. The van der Waals surface area contributed by atoms with Gasteiger partial charge in [-0.05, 0) is 41.8 Å². The fraction of sp³-hybridized carbons (Fsp3) is 0.261. The fourth-order valence-corrected chi connectivity index (χ4v) is 4.12. The summed E-state index contributed by atoms with van der Waals surface area (Å²) in [6, 6.07) is 10.5. The number of nitrogens with two attached hydrogens (primary N) is 1. The maximum absolute atomic E-state index is 14.3.